The second kappa shape index (κ2) is 4.64. The summed E-state index contributed by atoms with van der Waals surface area (Å²) in [7, 11) is 1.84. The van der Waals surface area contributed by atoms with E-state index in [1.165, 1.54) is 0 Å². The first kappa shape index (κ1) is 13.5. The summed E-state index contributed by atoms with van der Waals surface area (Å²) in [5.74, 6) is 0.0686. The van der Waals surface area contributed by atoms with Crippen LogP contribution in [-0.4, -0.2) is 25.3 Å². The molecule has 2 aromatic rings. The quantitative estimate of drug-likeness (QED) is 0.794. The zero-order valence-corrected chi connectivity index (χ0v) is 12.1. The molecule has 0 N–H and O–H groups in total. The zero-order chi connectivity index (χ0) is 14.2. The number of carbonyl (C=O) groups excluding carboxylic acids is 1. The lowest BCUT2D eigenvalue weighted by molar-refractivity contribution is 0.0973. The van der Waals surface area contributed by atoms with Gasteiger partial charge in [-0.05, 0) is 39.8 Å². The zero-order valence-electron chi connectivity index (χ0n) is 12.1. The minimum Gasteiger partial charge on any atom is -0.292 e. The number of rotatable bonds is 3. The number of aromatic nitrogens is 4. The van der Waals surface area contributed by atoms with Crippen LogP contribution in [0.15, 0.2) is 18.3 Å². The summed E-state index contributed by atoms with van der Waals surface area (Å²) < 4.78 is 3.53. The minimum absolute atomic E-state index is 0.0686. The Kier molecular flexibility index (Phi) is 3.30. The lowest BCUT2D eigenvalue weighted by Gasteiger charge is -2.21. The standard InChI is InChI=1S/C14H20N4O/c1-10-8-12(18(16-10)14(2,3)4)13(19)9-11-6-7-15-17(11)5/h6-8H,9H2,1-5H3. The van der Waals surface area contributed by atoms with Gasteiger partial charge in [0, 0.05) is 18.9 Å². The van der Waals surface area contributed by atoms with Crippen molar-refractivity contribution in [3.63, 3.8) is 0 Å². The van der Waals surface area contributed by atoms with Gasteiger partial charge in [0.1, 0.15) is 5.69 Å². The van der Waals surface area contributed by atoms with Crippen LogP contribution >= 0.6 is 0 Å². The van der Waals surface area contributed by atoms with Crippen LogP contribution in [0.4, 0.5) is 0 Å². The Morgan fingerprint density at radius 3 is 2.58 bits per heavy atom. The van der Waals surface area contributed by atoms with Crippen LogP contribution in [0.25, 0.3) is 0 Å². The first-order valence-corrected chi connectivity index (χ1v) is 6.36. The smallest absolute Gasteiger partial charge is 0.186 e. The molecule has 0 saturated carbocycles. The van der Waals surface area contributed by atoms with Gasteiger partial charge in [-0.3, -0.25) is 14.2 Å². The van der Waals surface area contributed by atoms with Gasteiger partial charge in [0.2, 0.25) is 0 Å². The van der Waals surface area contributed by atoms with Gasteiger partial charge in [-0.15, -0.1) is 0 Å². The number of aryl methyl sites for hydroxylation is 2. The van der Waals surface area contributed by atoms with E-state index < -0.39 is 0 Å². The number of carbonyl (C=O) groups is 1. The van der Waals surface area contributed by atoms with E-state index >= 15 is 0 Å². The van der Waals surface area contributed by atoms with Crippen LogP contribution < -0.4 is 0 Å². The maximum Gasteiger partial charge on any atom is 0.186 e. The SMILES string of the molecule is Cc1cc(C(=O)Cc2ccnn2C)n(C(C)(C)C)n1. The molecule has 0 aliphatic carbocycles. The molecule has 0 aromatic carbocycles. The summed E-state index contributed by atoms with van der Waals surface area (Å²) in [6, 6.07) is 3.71. The van der Waals surface area contributed by atoms with Crippen molar-refractivity contribution in [1.82, 2.24) is 19.6 Å². The fraction of sp³-hybridized carbons (Fsp3) is 0.500. The predicted molar refractivity (Wildman–Crippen MR) is 73.2 cm³/mol. The molecule has 102 valence electrons. The Morgan fingerprint density at radius 2 is 2.05 bits per heavy atom. The fourth-order valence-corrected chi connectivity index (χ4v) is 2.04. The van der Waals surface area contributed by atoms with Crippen molar-refractivity contribution in [3.8, 4) is 0 Å². The molecule has 2 aromatic heterocycles. The van der Waals surface area contributed by atoms with E-state index in [9.17, 15) is 4.79 Å². The molecule has 2 rings (SSSR count). The van der Waals surface area contributed by atoms with Gasteiger partial charge in [-0.25, -0.2) is 0 Å². The Morgan fingerprint density at radius 1 is 1.37 bits per heavy atom. The average molecular weight is 260 g/mol. The Hall–Kier alpha value is -1.91. The first-order chi connectivity index (χ1) is 8.79. The maximum atomic E-state index is 12.4. The Labute approximate surface area is 113 Å². The minimum atomic E-state index is -0.203. The molecule has 0 atom stereocenters. The molecule has 0 unspecified atom stereocenters. The van der Waals surface area contributed by atoms with Crippen molar-refractivity contribution in [3.05, 3.63) is 35.4 Å². The number of ketones is 1. The van der Waals surface area contributed by atoms with Crippen LogP contribution in [0, 0.1) is 6.92 Å². The Balaban J connectivity index is 2.32. The predicted octanol–water partition coefficient (Wildman–Crippen LogP) is 2.11. The molecule has 0 saturated heterocycles. The lowest BCUT2D eigenvalue weighted by atomic mass is 10.1. The summed E-state index contributed by atoms with van der Waals surface area (Å²) in [5.41, 5.74) is 2.23. The molecular formula is C14H20N4O. The van der Waals surface area contributed by atoms with Crippen molar-refractivity contribution >= 4 is 5.78 Å². The third-order valence-corrected chi connectivity index (χ3v) is 3.02. The second-order valence-electron chi connectivity index (χ2n) is 5.80. The van der Waals surface area contributed by atoms with Crippen molar-refractivity contribution in [2.24, 2.45) is 7.05 Å². The molecule has 0 spiro atoms. The molecule has 5 nitrogen and oxygen atoms in total. The number of hydrogen-bond donors (Lipinski definition) is 0. The highest BCUT2D eigenvalue weighted by molar-refractivity contribution is 5.96. The summed E-state index contributed by atoms with van der Waals surface area (Å²) >= 11 is 0. The molecule has 19 heavy (non-hydrogen) atoms. The normalized spacial score (nSPS) is 11.8. The van der Waals surface area contributed by atoms with Crippen LogP contribution in [0.2, 0.25) is 0 Å². The maximum absolute atomic E-state index is 12.4. The topological polar surface area (TPSA) is 52.7 Å². The van der Waals surface area contributed by atoms with Crippen molar-refractivity contribution < 1.29 is 4.79 Å². The van der Waals surface area contributed by atoms with Gasteiger partial charge in [-0.1, -0.05) is 0 Å². The molecule has 0 radical (unpaired) electrons. The van der Waals surface area contributed by atoms with Gasteiger partial charge in [0.05, 0.1) is 17.7 Å². The van der Waals surface area contributed by atoms with E-state index in [2.05, 4.69) is 10.2 Å². The van der Waals surface area contributed by atoms with Gasteiger partial charge >= 0.3 is 0 Å². The highest BCUT2D eigenvalue weighted by atomic mass is 16.1. The van der Waals surface area contributed by atoms with E-state index in [1.54, 1.807) is 15.6 Å². The fourth-order valence-electron chi connectivity index (χ4n) is 2.04. The van der Waals surface area contributed by atoms with E-state index in [4.69, 9.17) is 0 Å². The lowest BCUT2D eigenvalue weighted by Crippen LogP contribution is -2.27. The molecule has 0 bridgehead atoms. The molecular weight excluding hydrogens is 240 g/mol. The number of hydrogen-bond acceptors (Lipinski definition) is 3. The van der Waals surface area contributed by atoms with Gasteiger partial charge in [0.15, 0.2) is 5.78 Å². The number of Topliss-reactive ketones (excluding diaryl/α,β-unsaturated/α-hetero) is 1. The Bertz CT molecular complexity index is 601. The van der Waals surface area contributed by atoms with Crippen molar-refractivity contribution in [2.75, 3.05) is 0 Å². The monoisotopic (exact) mass is 260 g/mol. The van der Waals surface area contributed by atoms with Crippen molar-refractivity contribution in [2.45, 2.75) is 39.7 Å². The average Bonchev–Trinajstić information content (AvgIpc) is 2.85. The molecule has 0 amide bonds. The van der Waals surface area contributed by atoms with E-state index in [0.29, 0.717) is 12.1 Å². The van der Waals surface area contributed by atoms with Crippen LogP contribution in [0.1, 0.15) is 42.6 Å². The van der Waals surface area contributed by atoms with Crippen molar-refractivity contribution in [1.29, 1.82) is 0 Å². The van der Waals surface area contributed by atoms with E-state index in [-0.39, 0.29) is 11.3 Å². The van der Waals surface area contributed by atoms with Crippen LogP contribution in [0.5, 0.6) is 0 Å². The van der Waals surface area contributed by atoms with Gasteiger partial charge in [0.25, 0.3) is 0 Å². The molecule has 0 aliphatic rings. The second-order valence-corrected chi connectivity index (χ2v) is 5.80. The highest BCUT2D eigenvalue weighted by Gasteiger charge is 2.23. The van der Waals surface area contributed by atoms with E-state index in [1.807, 2.05) is 46.9 Å². The first-order valence-electron chi connectivity index (χ1n) is 6.36. The summed E-state index contributed by atoms with van der Waals surface area (Å²) in [6.07, 6.45) is 2.05. The number of nitrogens with zero attached hydrogens (tertiary/aromatic N) is 4. The summed E-state index contributed by atoms with van der Waals surface area (Å²) in [6.45, 7) is 8.03. The summed E-state index contributed by atoms with van der Waals surface area (Å²) in [5, 5.41) is 8.51. The van der Waals surface area contributed by atoms with Gasteiger partial charge in [-0.2, -0.15) is 10.2 Å². The highest BCUT2D eigenvalue weighted by Crippen LogP contribution is 2.18. The molecule has 2 heterocycles. The molecule has 5 heteroatoms. The largest absolute Gasteiger partial charge is 0.292 e. The van der Waals surface area contributed by atoms with Gasteiger partial charge < -0.3 is 0 Å². The third-order valence-electron chi connectivity index (χ3n) is 3.02. The van der Waals surface area contributed by atoms with Crippen LogP contribution in [-0.2, 0) is 19.0 Å². The molecule has 0 fully saturated rings. The third kappa shape index (κ3) is 2.75. The van der Waals surface area contributed by atoms with Crippen LogP contribution in [0.3, 0.4) is 0 Å². The molecule has 0 aliphatic heterocycles. The summed E-state index contributed by atoms with van der Waals surface area (Å²) in [4.78, 5) is 12.4. The van der Waals surface area contributed by atoms with E-state index in [0.717, 1.165) is 11.4 Å².